The standard InChI is InChI=1S/C18H12ClIN2O2/c19-14-6-4-12(5-7-14)17-9-8-16(24-17)11-21-22-18(23)13-2-1-3-15(20)10-13/h1-11H,(H,22,23). The number of hydrogen-bond donors (Lipinski definition) is 1. The number of hydrogen-bond acceptors (Lipinski definition) is 3. The van der Waals surface area contributed by atoms with Crippen LogP contribution in [0.4, 0.5) is 0 Å². The average Bonchev–Trinajstić information content (AvgIpc) is 3.04. The fourth-order valence-corrected chi connectivity index (χ4v) is 2.71. The van der Waals surface area contributed by atoms with E-state index in [0.717, 1.165) is 9.13 Å². The number of rotatable bonds is 4. The number of carbonyl (C=O) groups is 1. The normalized spacial score (nSPS) is 10.9. The highest BCUT2D eigenvalue weighted by Crippen LogP contribution is 2.23. The van der Waals surface area contributed by atoms with Crippen LogP contribution in [0.1, 0.15) is 16.1 Å². The van der Waals surface area contributed by atoms with Gasteiger partial charge in [-0.15, -0.1) is 0 Å². The third-order valence-corrected chi connectivity index (χ3v) is 4.12. The summed E-state index contributed by atoms with van der Waals surface area (Å²) in [6.45, 7) is 0. The van der Waals surface area contributed by atoms with E-state index in [4.69, 9.17) is 16.0 Å². The zero-order valence-electron chi connectivity index (χ0n) is 12.4. The Morgan fingerprint density at radius 1 is 1.12 bits per heavy atom. The first-order valence-corrected chi connectivity index (χ1v) is 8.52. The van der Waals surface area contributed by atoms with E-state index < -0.39 is 0 Å². The summed E-state index contributed by atoms with van der Waals surface area (Å²) in [4.78, 5) is 12.0. The minimum Gasteiger partial charge on any atom is -0.455 e. The molecule has 0 aliphatic carbocycles. The molecule has 0 aliphatic heterocycles. The second-order valence-corrected chi connectivity index (χ2v) is 6.60. The molecular weight excluding hydrogens is 439 g/mol. The number of benzene rings is 2. The Hall–Kier alpha value is -2.12. The van der Waals surface area contributed by atoms with Crippen LogP contribution in [0.3, 0.4) is 0 Å². The maximum absolute atomic E-state index is 12.0. The van der Waals surface area contributed by atoms with Crippen LogP contribution in [0, 0.1) is 3.57 Å². The lowest BCUT2D eigenvalue weighted by Crippen LogP contribution is -2.17. The molecule has 4 nitrogen and oxygen atoms in total. The summed E-state index contributed by atoms with van der Waals surface area (Å²) in [5.74, 6) is 0.981. The van der Waals surface area contributed by atoms with Gasteiger partial charge in [-0.3, -0.25) is 4.79 Å². The van der Waals surface area contributed by atoms with Crippen molar-refractivity contribution >= 4 is 46.3 Å². The number of amides is 1. The van der Waals surface area contributed by atoms with Crippen LogP contribution in [0.2, 0.25) is 5.02 Å². The van der Waals surface area contributed by atoms with Crippen LogP contribution in [0.25, 0.3) is 11.3 Å². The fourth-order valence-electron chi connectivity index (χ4n) is 2.04. The topological polar surface area (TPSA) is 54.6 Å². The number of nitrogens with zero attached hydrogens (tertiary/aromatic N) is 1. The third-order valence-electron chi connectivity index (χ3n) is 3.20. The van der Waals surface area contributed by atoms with Gasteiger partial charge in [0.15, 0.2) is 0 Å². The second-order valence-electron chi connectivity index (χ2n) is 4.92. The van der Waals surface area contributed by atoms with E-state index in [1.54, 1.807) is 30.3 Å². The summed E-state index contributed by atoms with van der Waals surface area (Å²) in [5, 5.41) is 4.60. The molecule has 0 spiro atoms. The molecule has 1 aromatic heterocycles. The van der Waals surface area contributed by atoms with Crippen LogP contribution in [0.15, 0.2) is 70.2 Å². The molecule has 0 aliphatic rings. The summed E-state index contributed by atoms with van der Waals surface area (Å²) < 4.78 is 6.66. The fraction of sp³-hybridized carbons (Fsp3) is 0. The smallest absolute Gasteiger partial charge is 0.271 e. The van der Waals surface area contributed by atoms with Gasteiger partial charge in [-0.2, -0.15) is 5.10 Å². The largest absolute Gasteiger partial charge is 0.455 e. The molecule has 0 fully saturated rings. The van der Waals surface area contributed by atoms with Gasteiger partial charge >= 0.3 is 0 Å². The van der Waals surface area contributed by atoms with Crippen LogP contribution < -0.4 is 5.43 Å². The lowest BCUT2D eigenvalue weighted by Gasteiger charge is -1.99. The predicted molar refractivity (Wildman–Crippen MR) is 103 cm³/mol. The van der Waals surface area contributed by atoms with Gasteiger partial charge in [-0.25, -0.2) is 5.43 Å². The minimum absolute atomic E-state index is 0.269. The van der Waals surface area contributed by atoms with Gasteiger partial charge in [0.2, 0.25) is 0 Å². The van der Waals surface area contributed by atoms with Crippen molar-refractivity contribution in [3.05, 3.63) is 80.6 Å². The molecule has 0 bridgehead atoms. The summed E-state index contributed by atoms with van der Waals surface area (Å²) in [6, 6.07) is 18.2. The number of furan rings is 1. The van der Waals surface area contributed by atoms with Crippen molar-refractivity contribution in [3.63, 3.8) is 0 Å². The quantitative estimate of drug-likeness (QED) is 0.347. The first-order chi connectivity index (χ1) is 11.6. The molecule has 120 valence electrons. The number of nitrogens with one attached hydrogen (secondary N) is 1. The van der Waals surface area contributed by atoms with E-state index in [2.05, 4.69) is 33.1 Å². The Bertz CT molecular complexity index is 888. The van der Waals surface area contributed by atoms with Gasteiger partial charge < -0.3 is 4.42 Å². The Kier molecular flexibility index (Phi) is 5.32. The lowest BCUT2D eigenvalue weighted by atomic mass is 10.2. The maximum atomic E-state index is 12.0. The van der Waals surface area contributed by atoms with E-state index in [9.17, 15) is 4.79 Å². The summed E-state index contributed by atoms with van der Waals surface area (Å²) in [6.07, 6.45) is 1.46. The molecule has 3 aromatic rings. The van der Waals surface area contributed by atoms with Gasteiger partial charge in [-0.1, -0.05) is 17.7 Å². The van der Waals surface area contributed by atoms with E-state index >= 15 is 0 Å². The summed E-state index contributed by atoms with van der Waals surface area (Å²) in [5.41, 5.74) is 3.96. The van der Waals surface area contributed by atoms with Crippen molar-refractivity contribution in [2.75, 3.05) is 0 Å². The Morgan fingerprint density at radius 3 is 2.67 bits per heavy atom. The molecule has 0 radical (unpaired) electrons. The molecule has 24 heavy (non-hydrogen) atoms. The van der Waals surface area contributed by atoms with Gasteiger partial charge in [-0.05, 0) is 77.2 Å². The van der Waals surface area contributed by atoms with Crippen LogP contribution in [-0.4, -0.2) is 12.1 Å². The van der Waals surface area contributed by atoms with Crippen molar-refractivity contribution in [3.8, 4) is 11.3 Å². The van der Waals surface area contributed by atoms with Crippen LogP contribution in [-0.2, 0) is 0 Å². The molecule has 1 heterocycles. The summed E-state index contributed by atoms with van der Waals surface area (Å²) >= 11 is 8.02. The summed E-state index contributed by atoms with van der Waals surface area (Å²) in [7, 11) is 0. The first kappa shape index (κ1) is 16.7. The van der Waals surface area contributed by atoms with Crippen molar-refractivity contribution in [2.24, 2.45) is 5.10 Å². The first-order valence-electron chi connectivity index (χ1n) is 7.06. The predicted octanol–water partition coefficient (Wildman–Crippen LogP) is 4.97. The van der Waals surface area contributed by atoms with E-state index in [1.165, 1.54) is 6.21 Å². The number of hydrazone groups is 1. The van der Waals surface area contributed by atoms with E-state index in [-0.39, 0.29) is 5.91 Å². The second kappa shape index (κ2) is 7.63. The van der Waals surface area contributed by atoms with Crippen molar-refractivity contribution in [1.82, 2.24) is 5.43 Å². The molecule has 0 unspecified atom stereocenters. The average molecular weight is 451 g/mol. The third kappa shape index (κ3) is 4.24. The highest BCUT2D eigenvalue weighted by atomic mass is 127. The van der Waals surface area contributed by atoms with Crippen molar-refractivity contribution in [1.29, 1.82) is 0 Å². The Labute approximate surface area is 157 Å². The SMILES string of the molecule is O=C(NN=Cc1ccc(-c2ccc(Cl)cc2)o1)c1cccc(I)c1. The van der Waals surface area contributed by atoms with Gasteiger partial charge in [0, 0.05) is 19.7 Å². The van der Waals surface area contributed by atoms with Crippen molar-refractivity contribution < 1.29 is 9.21 Å². The molecule has 3 rings (SSSR count). The lowest BCUT2D eigenvalue weighted by molar-refractivity contribution is 0.0955. The zero-order valence-corrected chi connectivity index (χ0v) is 15.3. The molecule has 6 heteroatoms. The van der Waals surface area contributed by atoms with Crippen LogP contribution in [0.5, 0.6) is 0 Å². The Morgan fingerprint density at radius 2 is 1.92 bits per heavy atom. The van der Waals surface area contributed by atoms with Gasteiger partial charge in [0.05, 0.1) is 6.21 Å². The molecule has 2 aromatic carbocycles. The van der Waals surface area contributed by atoms with E-state index in [0.29, 0.717) is 22.1 Å². The molecule has 0 saturated heterocycles. The van der Waals surface area contributed by atoms with Gasteiger partial charge in [0.1, 0.15) is 11.5 Å². The molecular formula is C18H12ClIN2O2. The Balaban J connectivity index is 1.65. The highest BCUT2D eigenvalue weighted by Gasteiger charge is 2.05. The van der Waals surface area contributed by atoms with Crippen LogP contribution >= 0.6 is 34.2 Å². The highest BCUT2D eigenvalue weighted by molar-refractivity contribution is 14.1. The number of halogens is 2. The zero-order chi connectivity index (χ0) is 16.9. The number of carbonyl (C=O) groups excluding carboxylic acids is 1. The van der Waals surface area contributed by atoms with E-state index in [1.807, 2.05) is 30.3 Å². The molecule has 0 saturated carbocycles. The molecule has 0 atom stereocenters. The molecule has 1 amide bonds. The maximum Gasteiger partial charge on any atom is 0.271 e. The molecule has 1 N–H and O–H groups in total. The monoisotopic (exact) mass is 450 g/mol. The van der Waals surface area contributed by atoms with Gasteiger partial charge in [0.25, 0.3) is 5.91 Å². The van der Waals surface area contributed by atoms with Crippen molar-refractivity contribution in [2.45, 2.75) is 0 Å². The minimum atomic E-state index is -0.269.